The summed E-state index contributed by atoms with van der Waals surface area (Å²) < 4.78 is 24.4. The van der Waals surface area contributed by atoms with Gasteiger partial charge in [-0.05, 0) is 138 Å². The number of likely N-dealkylation sites (tertiary alicyclic amines) is 2. The second kappa shape index (κ2) is 24.4. The number of ether oxygens (including phenoxy) is 4. The quantitative estimate of drug-likeness (QED) is 0.131. The zero-order valence-electron chi connectivity index (χ0n) is 50.4. The molecular formula is C64H100N4O11. The fourth-order valence-corrected chi connectivity index (χ4v) is 17.8. The summed E-state index contributed by atoms with van der Waals surface area (Å²) in [6.07, 6.45) is 16.4. The molecule has 0 aromatic rings. The molecule has 20 atom stereocenters. The van der Waals surface area contributed by atoms with Gasteiger partial charge in [0.05, 0.1) is 24.0 Å². The van der Waals surface area contributed by atoms with E-state index in [-0.39, 0.29) is 106 Å². The van der Waals surface area contributed by atoms with Crippen molar-refractivity contribution in [3.8, 4) is 0 Å². The number of hydrogen-bond donors (Lipinski definition) is 3. The molecule has 15 nitrogen and oxygen atoms in total. The van der Waals surface area contributed by atoms with Crippen LogP contribution in [0.3, 0.4) is 0 Å². The molecule has 8 fully saturated rings. The molecule has 79 heavy (non-hydrogen) atoms. The molecule has 0 radical (unpaired) electrons. The number of nitrogens with zero attached hydrogens (tertiary/aromatic N) is 2. The Morgan fingerprint density at radius 1 is 0.646 bits per heavy atom. The highest BCUT2D eigenvalue weighted by molar-refractivity contribution is 5.94. The zero-order valence-corrected chi connectivity index (χ0v) is 50.4. The Hall–Kier alpha value is -4.02. The van der Waals surface area contributed by atoms with Gasteiger partial charge in [-0.3, -0.25) is 29.8 Å². The first-order chi connectivity index (χ1) is 37.1. The number of Topliss-reactive ketones (excluding diaryl/α,β-unsaturated/α-hetero) is 2. The Labute approximate surface area is 473 Å². The van der Waals surface area contributed by atoms with Crippen LogP contribution in [0.25, 0.3) is 0 Å². The molecule has 6 saturated carbocycles. The van der Waals surface area contributed by atoms with Crippen LogP contribution in [-0.2, 0) is 38.1 Å². The van der Waals surface area contributed by atoms with Crippen LogP contribution in [-0.4, -0.2) is 129 Å². The van der Waals surface area contributed by atoms with Crippen LogP contribution in [0, 0.1) is 91.7 Å². The van der Waals surface area contributed by atoms with Crippen molar-refractivity contribution in [3.05, 3.63) is 49.6 Å². The van der Waals surface area contributed by atoms with Crippen molar-refractivity contribution in [2.45, 2.75) is 171 Å². The molecule has 8 rings (SSSR count). The summed E-state index contributed by atoms with van der Waals surface area (Å²) in [5, 5.41) is 17.0. The molecule has 0 aromatic carbocycles. The van der Waals surface area contributed by atoms with Crippen LogP contribution in [0.15, 0.2) is 49.6 Å². The van der Waals surface area contributed by atoms with E-state index in [0.29, 0.717) is 38.8 Å². The number of piperidine rings is 2. The average Bonchev–Trinajstić information content (AvgIpc) is 4.07. The monoisotopic (exact) mass is 1100 g/mol. The van der Waals surface area contributed by atoms with Gasteiger partial charge >= 0.3 is 12.2 Å². The summed E-state index contributed by atoms with van der Waals surface area (Å²) in [6, 6.07) is 0. The minimum Gasteiger partial charge on any atom is -0.445 e. The largest absolute Gasteiger partial charge is 0.445 e. The minimum atomic E-state index is -0.756. The third kappa shape index (κ3) is 11.6. The molecule has 442 valence electrons. The van der Waals surface area contributed by atoms with Gasteiger partial charge in [-0.25, -0.2) is 9.59 Å². The number of alkyl carbamates (subject to hydrolysis) is 2. The average molecular weight is 1100 g/mol. The van der Waals surface area contributed by atoms with Gasteiger partial charge in [0, 0.05) is 66.5 Å². The predicted octanol–water partition coefficient (Wildman–Crippen LogP) is 10.1. The molecule has 4 unspecified atom stereocenters. The minimum absolute atomic E-state index is 0.0709. The van der Waals surface area contributed by atoms with Crippen LogP contribution in [0.5, 0.6) is 0 Å². The molecule has 4 amide bonds. The van der Waals surface area contributed by atoms with E-state index in [4.69, 9.17) is 18.9 Å². The number of methoxy groups -OCH3 is 1. The van der Waals surface area contributed by atoms with Gasteiger partial charge in [-0.2, -0.15) is 0 Å². The van der Waals surface area contributed by atoms with Crippen LogP contribution in [0.2, 0.25) is 0 Å². The van der Waals surface area contributed by atoms with E-state index in [1.165, 1.54) is 0 Å². The highest BCUT2D eigenvalue weighted by Crippen LogP contribution is 2.70. The first-order valence-electron chi connectivity index (χ1n) is 30.0. The van der Waals surface area contributed by atoms with E-state index in [1.54, 1.807) is 19.3 Å². The number of aliphatic hydroxyl groups excluding tert-OH is 1. The molecular weight excluding hydrogens is 1000 g/mol. The topological polar surface area (TPSA) is 190 Å². The van der Waals surface area contributed by atoms with Gasteiger partial charge < -0.3 is 33.9 Å². The Morgan fingerprint density at radius 2 is 1.06 bits per heavy atom. The summed E-state index contributed by atoms with van der Waals surface area (Å²) in [5.74, 6) is -0.613. The van der Waals surface area contributed by atoms with E-state index in [0.717, 1.165) is 64.5 Å². The molecule has 2 saturated heterocycles. The lowest BCUT2D eigenvalue weighted by molar-refractivity contribution is -0.214. The second-order valence-electron chi connectivity index (χ2n) is 27.5. The number of nitrogens with one attached hydrogen (secondary N) is 2. The van der Waals surface area contributed by atoms with Crippen LogP contribution >= 0.6 is 0 Å². The van der Waals surface area contributed by atoms with Crippen molar-refractivity contribution < 1.29 is 52.8 Å². The fraction of sp³-hybridized carbons (Fsp3) is 0.781. The normalized spacial score (nSPS) is 44.4. The van der Waals surface area contributed by atoms with Crippen molar-refractivity contribution >= 4 is 35.6 Å². The third-order valence-corrected chi connectivity index (χ3v) is 23.2. The highest BCUT2D eigenvalue weighted by atomic mass is 16.7. The number of allylic oxidation sites excluding steroid dienone is 4. The van der Waals surface area contributed by atoms with E-state index in [1.807, 2.05) is 46.2 Å². The number of aliphatic hydroxyl groups is 1. The molecule has 0 spiro atoms. The summed E-state index contributed by atoms with van der Waals surface area (Å²) in [5.41, 5.74) is -3.06. The van der Waals surface area contributed by atoms with Crippen molar-refractivity contribution in [1.82, 2.24) is 20.4 Å². The number of rotatable bonds is 11. The summed E-state index contributed by atoms with van der Waals surface area (Å²) in [6.45, 7) is 32.1. The second-order valence-corrected chi connectivity index (χ2v) is 27.5. The first kappa shape index (κ1) is 62.6. The number of hydrogen-bond acceptors (Lipinski definition) is 13. The summed E-state index contributed by atoms with van der Waals surface area (Å²) >= 11 is 0. The molecule has 15 heteroatoms. The lowest BCUT2D eigenvalue weighted by Crippen LogP contribution is -2.63. The number of carbonyl (C=O) groups excluding carboxylic acids is 6. The maximum Gasteiger partial charge on any atom is 0.414 e. The third-order valence-electron chi connectivity index (χ3n) is 23.2. The molecule has 6 aliphatic carbocycles. The van der Waals surface area contributed by atoms with Gasteiger partial charge in [-0.15, -0.1) is 0 Å². The van der Waals surface area contributed by atoms with Gasteiger partial charge in [0.2, 0.25) is 11.8 Å². The highest BCUT2D eigenvalue weighted by Gasteiger charge is 2.70. The Morgan fingerprint density at radius 3 is 1.49 bits per heavy atom. The smallest absolute Gasteiger partial charge is 0.414 e. The molecule has 2 heterocycles. The van der Waals surface area contributed by atoms with Crippen LogP contribution in [0.4, 0.5) is 9.59 Å². The van der Waals surface area contributed by atoms with Gasteiger partial charge in [0.1, 0.15) is 30.6 Å². The van der Waals surface area contributed by atoms with Crippen LogP contribution < -0.4 is 10.6 Å². The number of ketones is 2. The molecule has 4 bridgehead atoms. The Balaban J connectivity index is 0.000000229. The number of carbonyl (C=O) groups is 6. The van der Waals surface area contributed by atoms with Gasteiger partial charge in [-0.1, -0.05) is 119 Å². The van der Waals surface area contributed by atoms with E-state index >= 15 is 0 Å². The molecule has 0 aromatic heterocycles. The first-order valence-corrected chi connectivity index (χ1v) is 30.0. The maximum atomic E-state index is 13.8. The predicted molar refractivity (Wildman–Crippen MR) is 305 cm³/mol. The SMILES string of the molecule is C=CC=C[C@]1(C)C[C@@H](OC(=O)NC(=O)[C@H]2CN(C)CC[C@@H]2C)[C@@]2(C)C3C(=O)CCC3(CC[C@H]2C)[C@@H](C)[C@@H]1O.C=CC=C[C@]1(C)C[C@@H](OC(=O)NC(=O)[C@H]2CN(C)CC[C@@H]2C)[C@@]2(C)C3C(=O)CCC3(CC[C@H]2C)[C@@H](C)[C@@H]1OCOC. The van der Waals surface area contributed by atoms with E-state index < -0.39 is 52.2 Å². The molecule has 2 aliphatic heterocycles. The van der Waals surface area contributed by atoms with Crippen molar-refractivity contribution in [2.24, 2.45) is 91.7 Å². The molecule has 8 aliphatic rings. The maximum absolute atomic E-state index is 13.8. The van der Waals surface area contributed by atoms with Crippen molar-refractivity contribution in [2.75, 3.05) is 54.2 Å². The van der Waals surface area contributed by atoms with Gasteiger partial charge in [0.15, 0.2) is 0 Å². The van der Waals surface area contributed by atoms with Crippen molar-refractivity contribution in [3.63, 3.8) is 0 Å². The molecule has 3 N–H and O–H groups in total. The summed E-state index contributed by atoms with van der Waals surface area (Å²) in [4.78, 5) is 84.9. The summed E-state index contributed by atoms with van der Waals surface area (Å²) in [7, 11) is 5.59. The lowest BCUT2D eigenvalue weighted by Gasteiger charge is -2.62. The fourth-order valence-electron chi connectivity index (χ4n) is 17.8. The van der Waals surface area contributed by atoms with Crippen molar-refractivity contribution in [1.29, 1.82) is 0 Å². The van der Waals surface area contributed by atoms with E-state index in [2.05, 4.69) is 95.1 Å². The Bertz CT molecular complexity index is 2360. The zero-order chi connectivity index (χ0) is 58.2. The standard InChI is InChI=1S/C33H52N2O6.C31H48N2O5/c1-9-10-14-31(5)18-26(41-30(38)34-29(37)24-19-35(7)17-13-21(24)2)32(6)22(3)11-15-33(16-12-25(36)27(32)33)23(4)28(31)40-20-39-8;1-8-9-13-29(5)17-24(38-28(37)32-27(36)22-18-33(7)16-12-19(22)2)30(6)20(3)10-14-31(21(4)26(29)35)15-11-23(34)25(30)31/h9-10,14,21-24,26-28H,1,11-13,15-20H2,2-8H3,(H,34,37,38);8-9,13,19-22,24-26,35H,1,10-12,14-18H2,2-7H3,(H,32,36,37)/t21-,22+,23-,24-,26+,27?,28-,31+,32-,33?;19-,20+,21-,22-,24+,25?,26-,29+,30-,31?/m00/s1. The number of amides is 4. The number of imide groups is 2. The Kier molecular flexibility index (Phi) is 19.4. The van der Waals surface area contributed by atoms with Crippen LogP contribution in [0.1, 0.15) is 146 Å². The van der Waals surface area contributed by atoms with Gasteiger partial charge in [0.25, 0.3) is 0 Å². The van der Waals surface area contributed by atoms with E-state index in [9.17, 15) is 33.9 Å². The lowest BCUT2D eigenvalue weighted by atomic mass is 9.44.